The number of carbonyl (C=O) groups is 4. The van der Waals surface area contributed by atoms with Crippen molar-refractivity contribution in [1.29, 1.82) is 0 Å². The lowest BCUT2D eigenvalue weighted by molar-refractivity contribution is 0.0719. The van der Waals surface area contributed by atoms with E-state index in [0.29, 0.717) is 22.4 Å². The predicted octanol–water partition coefficient (Wildman–Crippen LogP) is 7.25. The standard InChI is InChI=1S/C37H26O8/c1-42-32-23-30(44-36(40)27-13-7-3-8-14-27)24-33(45-37(41)28-15-9-4-10-16-28)34(32)31(38)22-19-25-17-20-29(21-18-25)43-35(39)26-11-5-2-6-12-26/h2-24H,1H3. The third kappa shape index (κ3) is 7.77. The first-order valence-electron chi connectivity index (χ1n) is 13.8. The van der Waals surface area contributed by atoms with Gasteiger partial charge in [0.15, 0.2) is 5.78 Å². The summed E-state index contributed by atoms with van der Waals surface area (Å²) in [7, 11) is 1.34. The summed E-state index contributed by atoms with van der Waals surface area (Å²) in [5, 5.41) is 0. The van der Waals surface area contributed by atoms with E-state index in [2.05, 4.69) is 0 Å². The van der Waals surface area contributed by atoms with Gasteiger partial charge < -0.3 is 18.9 Å². The average molecular weight is 599 g/mol. The van der Waals surface area contributed by atoms with Gasteiger partial charge in [0.05, 0.1) is 23.8 Å². The average Bonchev–Trinajstić information content (AvgIpc) is 3.08. The number of methoxy groups -OCH3 is 1. The number of carbonyl (C=O) groups excluding carboxylic acids is 4. The van der Waals surface area contributed by atoms with E-state index in [4.69, 9.17) is 18.9 Å². The highest BCUT2D eigenvalue weighted by molar-refractivity contribution is 6.11. The molecule has 0 saturated carbocycles. The lowest BCUT2D eigenvalue weighted by Crippen LogP contribution is -2.13. The summed E-state index contributed by atoms with van der Waals surface area (Å²) < 4.78 is 22.1. The molecule has 0 unspecified atom stereocenters. The third-order valence-electron chi connectivity index (χ3n) is 6.47. The second-order valence-corrected chi connectivity index (χ2v) is 9.53. The van der Waals surface area contributed by atoms with E-state index in [1.54, 1.807) is 121 Å². The van der Waals surface area contributed by atoms with Gasteiger partial charge in [-0.1, -0.05) is 72.8 Å². The van der Waals surface area contributed by atoms with Crippen molar-refractivity contribution in [2.24, 2.45) is 0 Å². The van der Waals surface area contributed by atoms with Gasteiger partial charge in [-0.15, -0.1) is 0 Å². The van der Waals surface area contributed by atoms with Crippen LogP contribution >= 0.6 is 0 Å². The lowest BCUT2D eigenvalue weighted by atomic mass is 10.1. The van der Waals surface area contributed by atoms with Crippen molar-refractivity contribution in [3.63, 3.8) is 0 Å². The zero-order valence-corrected chi connectivity index (χ0v) is 24.0. The molecule has 0 bridgehead atoms. The van der Waals surface area contributed by atoms with Gasteiger partial charge in [0.25, 0.3) is 0 Å². The summed E-state index contributed by atoms with van der Waals surface area (Å²) in [6.45, 7) is 0. The molecule has 0 amide bonds. The van der Waals surface area contributed by atoms with Crippen LogP contribution in [-0.4, -0.2) is 30.8 Å². The minimum absolute atomic E-state index is 0.0118. The topological polar surface area (TPSA) is 105 Å². The number of benzene rings is 5. The van der Waals surface area contributed by atoms with Crippen LogP contribution in [0.1, 0.15) is 47.0 Å². The van der Waals surface area contributed by atoms with Gasteiger partial charge in [-0.25, -0.2) is 14.4 Å². The highest BCUT2D eigenvalue weighted by atomic mass is 16.6. The van der Waals surface area contributed by atoms with E-state index >= 15 is 0 Å². The van der Waals surface area contributed by atoms with Gasteiger partial charge in [0.1, 0.15) is 28.6 Å². The molecular weight excluding hydrogens is 572 g/mol. The molecule has 8 nitrogen and oxygen atoms in total. The zero-order chi connectivity index (χ0) is 31.6. The first-order valence-corrected chi connectivity index (χ1v) is 13.8. The maximum Gasteiger partial charge on any atom is 0.343 e. The number of ether oxygens (including phenoxy) is 4. The van der Waals surface area contributed by atoms with Gasteiger partial charge >= 0.3 is 17.9 Å². The molecule has 0 aliphatic carbocycles. The second kappa shape index (κ2) is 14.3. The molecule has 8 heteroatoms. The largest absolute Gasteiger partial charge is 0.496 e. The van der Waals surface area contributed by atoms with Crippen molar-refractivity contribution in [2.75, 3.05) is 7.11 Å². The van der Waals surface area contributed by atoms with Crippen LogP contribution in [0.4, 0.5) is 0 Å². The van der Waals surface area contributed by atoms with E-state index in [1.165, 1.54) is 25.3 Å². The summed E-state index contributed by atoms with van der Waals surface area (Å²) in [6.07, 6.45) is 2.84. The van der Waals surface area contributed by atoms with Crippen LogP contribution in [0.25, 0.3) is 6.08 Å². The second-order valence-electron chi connectivity index (χ2n) is 9.53. The molecule has 0 aliphatic heterocycles. The Hall–Kier alpha value is -6.28. The molecule has 5 aromatic carbocycles. The molecule has 0 atom stereocenters. The smallest absolute Gasteiger partial charge is 0.343 e. The lowest BCUT2D eigenvalue weighted by Gasteiger charge is -2.15. The summed E-state index contributed by atoms with van der Waals surface area (Å²) in [4.78, 5) is 51.6. The Labute approximate surface area is 259 Å². The Morgan fingerprint density at radius 3 is 1.44 bits per heavy atom. The first kappa shape index (κ1) is 30.2. The SMILES string of the molecule is COc1cc(OC(=O)c2ccccc2)cc(OC(=O)c2ccccc2)c1C(=O)C=Cc1ccc(OC(=O)c2ccccc2)cc1. The van der Waals surface area contributed by atoms with Crippen LogP contribution in [0.3, 0.4) is 0 Å². The highest BCUT2D eigenvalue weighted by Crippen LogP contribution is 2.36. The number of esters is 3. The summed E-state index contributed by atoms with van der Waals surface area (Å²) in [5.41, 5.74) is 1.57. The van der Waals surface area contributed by atoms with Crippen LogP contribution in [0.15, 0.2) is 133 Å². The molecular formula is C37H26O8. The van der Waals surface area contributed by atoms with Gasteiger partial charge in [0.2, 0.25) is 0 Å². The maximum absolute atomic E-state index is 13.5. The molecule has 0 saturated heterocycles. The van der Waals surface area contributed by atoms with E-state index in [-0.39, 0.29) is 28.4 Å². The number of hydrogen-bond acceptors (Lipinski definition) is 8. The molecule has 0 aromatic heterocycles. The van der Waals surface area contributed by atoms with Crippen molar-refractivity contribution in [3.05, 3.63) is 161 Å². The number of rotatable bonds is 10. The van der Waals surface area contributed by atoms with Crippen LogP contribution < -0.4 is 18.9 Å². The summed E-state index contributed by atoms with van der Waals surface area (Å²) in [6, 6.07) is 34.4. The van der Waals surface area contributed by atoms with Crippen LogP contribution in [0.5, 0.6) is 23.0 Å². The quantitative estimate of drug-likeness (QED) is 0.0717. The van der Waals surface area contributed by atoms with Crippen molar-refractivity contribution in [2.45, 2.75) is 0 Å². The Kier molecular flexibility index (Phi) is 9.57. The highest BCUT2D eigenvalue weighted by Gasteiger charge is 2.23. The molecule has 45 heavy (non-hydrogen) atoms. The van der Waals surface area contributed by atoms with Crippen molar-refractivity contribution in [3.8, 4) is 23.0 Å². The normalized spacial score (nSPS) is 10.6. The maximum atomic E-state index is 13.5. The number of hydrogen-bond donors (Lipinski definition) is 0. The van der Waals surface area contributed by atoms with E-state index in [0.717, 1.165) is 0 Å². The molecule has 5 rings (SSSR count). The molecule has 5 aromatic rings. The van der Waals surface area contributed by atoms with Crippen molar-refractivity contribution >= 4 is 29.8 Å². The monoisotopic (exact) mass is 598 g/mol. The number of ketones is 1. The third-order valence-corrected chi connectivity index (χ3v) is 6.47. The van der Waals surface area contributed by atoms with Crippen LogP contribution in [0, 0.1) is 0 Å². The van der Waals surface area contributed by atoms with Gasteiger partial charge in [-0.3, -0.25) is 4.79 Å². The van der Waals surface area contributed by atoms with Crippen molar-refractivity contribution in [1.82, 2.24) is 0 Å². The van der Waals surface area contributed by atoms with Crippen LogP contribution in [0.2, 0.25) is 0 Å². The molecule has 0 N–H and O–H groups in total. The Bertz CT molecular complexity index is 1850. The summed E-state index contributed by atoms with van der Waals surface area (Å²) in [5.74, 6) is -2.17. The molecule has 0 fully saturated rings. The predicted molar refractivity (Wildman–Crippen MR) is 167 cm³/mol. The Morgan fingerprint density at radius 1 is 0.511 bits per heavy atom. The number of allylic oxidation sites excluding steroid dienone is 1. The fraction of sp³-hybridized carbons (Fsp3) is 0.0270. The molecule has 0 radical (unpaired) electrons. The van der Waals surface area contributed by atoms with Gasteiger partial charge in [-0.2, -0.15) is 0 Å². The fourth-order valence-corrected chi connectivity index (χ4v) is 4.22. The fourth-order valence-electron chi connectivity index (χ4n) is 4.22. The molecule has 0 heterocycles. The first-order chi connectivity index (χ1) is 21.9. The molecule has 0 aliphatic rings. The van der Waals surface area contributed by atoms with Crippen LogP contribution in [-0.2, 0) is 0 Å². The van der Waals surface area contributed by atoms with Gasteiger partial charge in [-0.05, 0) is 60.2 Å². The van der Waals surface area contributed by atoms with Crippen molar-refractivity contribution < 1.29 is 38.1 Å². The summed E-state index contributed by atoms with van der Waals surface area (Å²) >= 11 is 0. The minimum atomic E-state index is -0.720. The van der Waals surface area contributed by atoms with E-state index in [9.17, 15) is 19.2 Å². The van der Waals surface area contributed by atoms with E-state index < -0.39 is 23.7 Å². The van der Waals surface area contributed by atoms with E-state index in [1.807, 2.05) is 0 Å². The zero-order valence-electron chi connectivity index (χ0n) is 24.0. The van der Waals surface area contributed by atoms with Gasteiger partial charge in [0, 0.05) is 12.1 Å². The minimum Gasteiger partial charge on any atom is -0.496 e. The molecule has 222 valence electrons. The molecule has 0 spiro atoms. The Balaban J connectivity index is 1.40. The Morgan fingerprint density at radius 2 is 0.956 bits per heavy atom.